The summed E-state index contributed by atoms with van der Waals surface area (Å²) in [6.45, 7) is 5.53. The van der Waals surface area contributed by atoms with Crippen LogP contribution in [0.25, 0.3) is 5.57 Å². The molecular weight excluding hydrogens is 341 g/mol. The zero-order valence-electron chi connectivity index (χ0n) is 15.7. The van der Waals surface area contributed by atoms with Crippen molar-refractivity contribution in [2.75, 3.05) is 20.8 Å². The molecule has 0 aliphatic carbocycles. The van der Waals surface area contributed by atoms with Crippen molar-refractivity contribution in [3.8, 4) is 5.75 Å². The minimum atomic E-state index is -0.923. The molecule has 0 saturated heterocycles. The summed E-state index contributed by atoms with van der Waals surface area (Å²) in [5, 5.41) is 0. The van der Waals surface area contributed by atoms with E-state index >= 15 is 0 Å². The third-order valence-electron chi connectivity index (χ3n) is 3.90. The van der Waals surface area contributed by atoms with Crippen molar-refractivity contribution >= 4 is 17.6 Å². The monoisotopic (exact) mass is 365 g/mol. The van der Waals surface area contributed by atoms with Gasteiger partial charge in [-0.05, 0) is 51.0 Å². The van der Waals surface area contributed by atoms with Crippen molar-refractivity contribution in [2.24, 2.45) is 0 Å². The molecule has 0 radical (unpaired) electrons. The van der Waals surface area contributed by atoms with Gasteiger partial charge in [-0.2, -0.15) is 0 Å². The van der Waals surface area contributed by atoms with Gasteiger partial charge in [0.15, 0.2) is 6.04 Å². The van der Waals surface area contributed by atoms with Crippen LogP contribution in [0, 0.1) is 5.82 Å². The zero-order valence-corrected chi connectivity index (χ0v) is 15.7. The standard InChI is InChI=1S/C19H24FNO5/c1-19(2,3)26-18(23)21-9-8-12(10-15(21)17(22)25-5)14-7-6-13(20)11-16(14)24-4/h6-7,10-11,15H,8-9H2,1-5H3. The molecule has 0 spiro atoms. The minimum Gasteiger partial charge on any atom is -0.496 e. The highest BCUT2D eigenvalue weighted by Crippen LogP contribution is 2.33. The minimum absolute atomic E-state index is 0.265. The fraction of sp³-hybridized carbons (Fsp3) is 0.474. The lowest BCUT2D eigenvalue weighted by atomic mass is 9.95. The van der Waals surface area contributed by atoms with Crippen LogP contribution in [-0.2, 0) is 14.3 Å². The Labute approximate surface area is 152 Å². The van der Waals surface area contributed by atoms with Gasteiger partial charge in [0.1, 0.15) is 17.2 Å². The van der Waals surface area contributed by atoms with Gasteiger partial charge in [-0.25, -0.2) is 14.0 Å². The van der Waals surface area contributed by atoms with E-state index in [0.717, 1.165) is 5.57 Å². The van der Waals surface area contributed by atoms with Gasteiger partial charge in [0, 0.05) is 18.2 Å². The van der Waals surface area contributed by atoms with E-state index < -0.39 is 29.5 Å². The number of hydrogen-bond donors (Lipinski definition) is 0. The highest BCUT2D eigenvalue weighted by atomic mass is 19.1. The summed E-state index contributed by atoms with van der Waals surface area (Å²) in [7, 11) is 2.71. The van der Waals surface area contributed by atoms with Crippen LogP contribution in [0.3, 0.4) is 0 Å². The van der Waals surface area contributed by atoms with Crippen LogP contribution >= 0.6 is 0 Å². The number of methoxy groups -OCH3 is 2. The molecule has 6 nitrogen and oxygen atoms in total. The van der Waals surface area contributed by atoms with Crippen molar-refractivity contribution in [1.29, 1.82) is 0 Å². The second kappa shape index (κ2) is 7.76. The van der Waals surface area contributed by atoms with Gasteiger partial charge in [-0.1, -0.05) is 0 Å². The van der Waals surface area contributed by atoms with E-state index in [0.29, 0.717) is 17.7 Å². The van der Waals surface area contributed by atoms with Crippen LogP contribution in [-0.4, -0.2) is 49.4 Å². The Morgan fingerprint density at radius 1 is 1.23 bits per heavy atom. The van der Waals surface area contributed by atoms with Crippen LogP contribution in [0.2, 0.25) is 0 Å². The molecule has 7 heteroatoms. The van der Waals surface area contributed by atoms with Crippen LogP contribution in [0.4, 0.5) is 9.18 Å². The van der Waals surface area contributed by atoms with E-state index in [2.05, 4.69) is 0 Å². The Hall–Kier alpha value is -2.57. The lowest BCUT2D eigenvalue weighted by Gasteiger charge is -2.34. The molecule has 1 heterocycles. The number of amides is 1. The van der Waals surface area contributed by atoms with Gasteiger partial charge in [-0.15, -0.1) is 0 Å². The maximum Gasteiger partial charge on any atom is 0.411 e. The van der Waals surface area contributed by atoms with Gasteiger partial charge >= 0.3 is 12.1 Å². The predicted molar refractivity (Wildman–Crippen MR) is 94.3 cm³/mol. The maximum atomic E-state index is 13.4. The summed E-state index contributed by atoms with van der Waals surface area (Å²) in [6.07, 6.45) is 1.51. The molecule has 26 heavy (non-hydrogen) atoms. The summed E-state index contributed by atoms with van der Waals surface area (Å²) in [4.78, 5) is 26.0. The first-order valence-corrected chi connectivity index (χ1v) is 8.28. The smallest absolute Gasteiger partial charge is 0.411 e. The largest absolute Gasteiger partial charge is 0.496 e. The van der Waals surface area contributed by atoms with Crippen LogP contribution in [0.1, 0.15) is 32.8 Å². The SMILES string of the molecule is COC(=O)C1C=C(c2ccc(F)cc2OC)CCN1C(=O)OC(C)(C)C. The number of carbonyl (C=O) groups is 2. The average Bonchev–Trinajstić information content (AvgIpc) is 2.58. The normalized spacial score (nSPS) is 17.4. The molecule has 0 fully saturated rings. The van der Waals surface area contributed by atoms with Crippen molar-refractivity contribution in [2.45, 2.75) is 38.8 Å². The number of halogens is 1. The van der Waals surface area contributed by atoms with E-state index in [9.17, 15) is 14.0 Å². The highest BCUT2D eigenvalue weighted by molar-refractivity contribution is 5.87. The number of carbonyl (C=O) groups excluding carboxylic acids is 2. The summed E-state index contributed by atoms with van der Waals surface area (Å²) in [6, 6.07) is 3.28. The van der Waals surface area contributed by atoms with Crippen molar-refractivity contribution in [3.05, 3.63) is 35.7 Å². The van der Waals surface area contributed by atoms with Crippen molar-refractivity contribution < 1.29 is 28.2 Å². The lowest BCUT2D eigenvalue weighted by molar-refractivity contribution is -0.145. The van der Waals surface area contributed by atoms with Crippen molar-refractivity contribution in [1.82, 2.24) is 4.90 Å². The van der Waals surface area contributed by atoms with Gasteiger partial charge in [0.2, 0.25) is 0 Å². The Morgan fingerprint density at radius 2 is 1.92 bits per heavy atom. The first-order chi connectivity index (χ1) is 12.2. The molecule has 0 aromatic heterocycles. The Bertz CT molecular complexity index is 723. The second-order valence-electron chi connectivity index (χ2n) is 6.93. The number of nitrogens with zero attached hydrogens (tertiary/aromatic N) is 1. The second-order valence-corrected chi connectivity index (χ2v) is 6.93. The molecule has 0 saturated carbocycles. The molecule has 0 bridgehead atoms. The molecule has 1 amide bonds. The van der Waals surface area contributed by atoms with E-state index in [1.165, 1.54) is 31.3 Å². The third-order valence-corrected chi connectivity index (χ3v) is 3.90. The summed E-state index contributed by atoms with van der Waals surface area (Å²) >= 11 is 0. The van der Waals surface area contributed by atoms with Gasteiger partial charge in [0.05, 0.1) is 14.2 Å². The topological polar surface area (TPSA) is 65.1 Å². The zero-order chi connectivity index (χ0) is 19.5. The summed E-state index contributed by atoms with van der Waals surface area (Å²) < 4.78 is 28.9. The summed E-state index contributed by atoms with van der Waals surface area (Å²) in [5.74, 6) is -0.623. The number of esters is 1. The number of hydrogen-bond acceptors (Lipinski definition) is 5. The Morgan fingerprint density at radius 3 is 2.50 bits per heavy atom. The fourth-order valence-corrected chi connectivity index (χ4v) is 2.74. The molecule has 1 aromatic rings. The van der Waals surface area contributed by atoms with E-state index in [1.54, 1.807) is 32.9 Å². The number of ether oxygens (including phenoxy) is 3. The van der Waals surface area contributed by atoms with E-state index in [4.69, 9.17) is 14.2 Å². The van der Waals surface area contributed by atoms with Crippen LogP contribution in [0.15, 0.2) is 24.3 Å². The van der Waals surface area contributed by atoms with Gasteiger partial charge < -0.3 is 14.2 Å². The van der Waals surface area contributed by atoms with E-state index in [-0.39, 0.29) is 6.54 Å². The molecular formula is C19H24FNO5. The quantitative estimate of drug-likeness (QED) is 0.768. The maximum absolute atomic E-state index is 13.4. The number of benzene rings is 1. The molecule has 1 atom stereocenters. The van der Waals surface area contributed by atoms with Gasteiger partial charge in [0.25, 0.3) is 0 Å². The Kier molecular flexibility index (Phi) is 5.90. The van der Waals surface area contributed by atoms with Crippen LogP contribution in [0.5, 0.6) is 5.75 Å². The average molecular weight is 365 g/mol. The summed E-state index contributed by atoms with van der Waals surface area (Å²) in [5.41, 5.74) is 0.769. The van der Waals surface area contributed by atoms with Crippen LogP contribution < -0.4 is 4.74 Å². The van der Waals surface area contributed by atoms with Gasteiger partial charge in [-0.3, -0.25) is 4.90 Å². The lowest BCUT2D eigenvalue weighted by Crippen LogP contribution is -2.49. The van der Waals surface area contributed by atoms with Crippen molar-refractivity contribution in [3.63, 3.8) is 0 Å². The molecule has 2 rings (SSSR count). The number of rotatable bonds is 3. The molecule has 1 aliphatic heterocycles. The Balaban J connectivity index is 2.38. The molecule has 1 unspecified atom stereocenters. The molecule has 142 valence electrons. The third kappa shape index (κ3) is 4.53. The fourth-order valence-electron chi connectivity index (χ4n) is 2.74. The first-order valence-electron chi connectivity index (χ1n) is 8.28. The first kappa shape index (κ1) is 19.8. The molecule has 0 N–H and O–H groups in total. The predicted octanol–water partition coefficient (Wildman–Crippen LogP) is 3.40. The molecule has 1 aromatic carbocycles. The highest BCUT2D eigenvalue weighted by Gasteiger charge is 2.35. The molecule has 1 aliphatic rings. The van der Waals surface area contributed by atoms with E-state index in [1.807, 2.05) is 0 Å².